The highest BCUT2D eigenvalue weighted by Gasteiger charge is 2.35. The second kappa shape index (κ2) is 4.22. The number of carbonyl (C=O) groups is 2. The third-order valence-electron chi connectivity index (χ3n) is 3.36. The van der Waals surface area contributed by atoms with Crippen molar-refractivity contribution in [1.29, 1.82) is 0 Å². The van der Waals surface area contributed by atoms with Crippen LogP contribution >= 0.6 is 0 Å². The molecule has 3 nitrogen and oxygen atoms in total. The Morgan fingerprint density at radius 3 is 2.64 bits per heavy atom. The largest absolute Gasteiger partial charge is 0.313 e. The molecule has 1 saturated carbocycles. The lowest BCUT2D eigenvalue weighted by atomic mass is 9.79. The molecule has 1 aliphatic carbocycles. The van der Waals surface area contributed by atoms with Crippen molar-refractivity contribution in [2.75, 3.05) is 6.54 Å². The van der Waals surface area contributed by atoms with Crippen LogP contribution in [0.25, 0.3) is 0 Å². The standard InChI is InChI=1S/C11H17NO2/c13-10-6-3-4-8(11(10)14)9-5-1-2-7-12-9/h8-9,12H,1-7H2. The van der Waals surface area contributed by atoms with E-state index in [2.05, 4.69) is 5.32 Å². The molecule has 1 N–H and O–H groups in total. The zero-order valence-corrected chi connectivity index (χ0v) is 8.42. The third kappa shape index (κ3) is 1.87. The number of Topliss-reactive ketones (excluding diaryl/α,β-unsaturated/α-hetero) is 2. The highest BCUT2D eigenvalue weighted by Crippen LogP contribution is 2.25. The lowest BCUT2D eigenvalue weighted by Gasteiger charge is -2.32. The van der Waals surface area contributed by atoms with Gasteiger partial charge in [-0.1, -0.05) is 6.42 Å². The molecule has 0 spiro atoms. The highest BCUT2D eigenvalue weighted by molar-refractivity contribution is 6.38. The Bertz CT molecular complexity index is 244. The van der Waals surface area contributed by atoms with Gasteiger partial charge in [0, 0.05) is 18.4 Å². The van der Waals surface area contributed by atoms with E-state index in [4.69, 9.17) is 0 Å². The molecule has 78 valence electrons. The summed E-state index contributed by atoms with van der Waals surface area (Å²) in [4.78, 5) is 22.9. The number of hydrogen-bond donors (Lipinski definition) is 1. The summed E-state index contributed by atoms with van der Waals surface area (Å²) in [6, 6.07) is 0.278. The van der Waals surface area contributed by atoms with Crippen molar-refractivity contribution >= 4 is 11.6 Å². The molecule has 0 aromatic rings. The van der Waals surface area contributed by atoms with Gasteiger partial charge < -0.3 is 5.32 Å². The summed E-state index contributed by atoms with van der Waals surface area (Å²) < 4.78 is 0. The van der Waals surface area contributed by atoms with Gasteiger partial charge in [-0.25, -0.2) is 0 Å². The van der Waals surface area contributed by atoms with Crippen molar-refractivity contribution in [2.45, 2.75) is 44.6 Å². The van der Waals surface area contributed by atoms with E-state index in [0.29, 0.717) is 6.42 Å². The fourth-order valence-corrected chi connectivity index (χ4v) is 2.55. The molecular formula is C11H17NO2. The van der Waals surface area contributed by atoms with Gasteiger partial charge in [-0.2, -0.15) is 0 Å². The van der Waals surface area contributed by atoms with Gasteiger partial charge in [0.1, 0.15) is 0 Å². The van der Waals surface area contributed by atoms with Crippen molar-refractivity contribution in [2.24, 2.45) is 5.92 Å². The third-order valence-corrected chi connectivity index (χ3v) is 3.36. The van der Waals surface area contributed by atoms with E-state index in [9.17, 15) is 9.59 Å². The van der Waals surface area contributed by atoms with Crippen molar-refractivity contribution in [3.8, 4) is 0 Å². The van der Waals surface area contributed by atoms with Crippen molar-refractivity contribution in [1.82, 2.24) is 5.32 Å². The van der Waals surface area contributed by atoms with Gasteiger partial charge in [0.15, 0.2) is 5.78 Å². The average Bonchev–Trinajstić information content (AvgIpc) is 2.23. The highest BCUT2D eigenvalue weighted by atomic mass is 16.2. The summed E-state index contributed by atoms with van der Waals surface area (Å²) >= 11 is 0. The predicted octanol–water partition coefficient (Wildman–Crippen LogP) is 1.07. The van der Waals surface area contributed by atoms with E-state index >= 15 is 0 Å². The van der Waals surface area contributed by atoms with Gasteiger partial charge >= 0.3 is 0 Å². The van der Waals surface area contributed by atoms with Gasteiger partial charge in [0.2, 0.25) is 5.78 Å². The second-order valence-corrected chi connectivity index (χ2v) is 4.34. The summed E-state index contributed by atoms with van der Waals surface area (Å²) in [5.41, 5.74) is 0. The van der Waals surface area contributed by atoms with Crippen LogP contribution in [-0.4, -0.2) is 24.2 Å². The SMILES string of the molecule is O=C1CCCC(C2CCCCN2)C1=O. The quantitative estimate of drug-likeness (QED) is 0.636. The minimum Gasteiger partial charge on any atom is -0.313 e. The van der Waals surface area contributed by atoms with Crippen LogP contribution in [0.15, 0.2) is 0 Å². The van der Waals surface area contributed by atoms with Crippen molar-refractivity contribution in [3.05, 3.63) is 0 Å². The van der Waals surface area contributed by atoms with E-state index in [1.165, 1.54) is 12.8 Å². The molecule has 0 bridgehead atoms. The van der Waals surface area contributed by atoms with E-state index in [1.54, 1.807) is 0 Å². The van der Waals surface area contributed by atoms with E-state index in [1.807, 2.05) is 0 Å². The van der Waals surface area contributed by atoms with E-state index in [0.717, 1.165) is 25.8 Å². The van der Waals surface area contributed by atoms with Crippen LogP contribution in [0, 0.1) is 5.92 Å². The topological polar surface area (TPSA) is 46.2 Å². The maximum Gasteiger partial charge on any atom is 0.202 e. The smallest absolute Gasteiger partial charge is 0.202 e. The van der Waals surface area contributed by atoms with Crippen molar-refractivity contribution < 1.29 is 9.59 Å². The Labute approximate surface area is 84.2 Å². The molecule has 0 aromatic heterocycles. The first-order valence-electron chi connectivity index (χ1n) is 5.59. The van der Waals surface area contributed by atoms with Crippen LogP contribution in [0.2, 0.25) is 0 Å². The molecule has 0 radical (unpaired) electrons. The molecule has 1 heterocycles. The molecule has 14 heavy (non-hydrogen) atoms. The zero-order valence-electron chi connectivity index (χ0n) is 8.42. The molecule has 3 heteroatoms. The number of piperidine rings is 1. The molecule has 2 unspecified atom stereocenters. The summed E-state index contributed by atoms with van der Waals surface area (Å²) in [5, 5.41) is 3.37. The Morgan fingerprint density at radius 2 is 1.93 bits per heavy atom. The van der Waals surface area contributed by atoms with E-state index < -0.39 is 0 Å². The maximum absolute atomic E-state index is 11.6. The molecule has 1 aliphatic heterocycles. The summed E-state index contributed by atoms with van der Waals surface area (Å²) in [5.74, 6) is -0.277. The van der Waals surface area contributed by atoms with Gasteiger partial charge in [-0.15, -0.1) is 0 Å². The average molecular weight is 195 g/mol. The van der Waals surface area contributed by atoms with Gasteiger partial charge in [0.25, 0.3) is 0 Å². The fourth-order valence-electron chi connectivity index (χ4n) is 2.55. The zero-order chi connectivity index (χ0) is 9.97. The summed E-state index contributed by atoms with van der Waals surface area (Å²) in [6.07, 6.45) is 5.72. The van der Waals surface area contributed by atoms with Crippen LogP contribution in [0.5, 0.6) is 0 Å². The Morgan fingerprint density at radius 1 is 1.07 bits per heavy atom. The first kappa shape index (κ1) is 9.84. The first-order valence-corrected chi connectivity index (χ1v) is 5.59. The summed E-state index contributed by atoms with van der Waals surface area (Å²) in [6.45, 7) is 1.00. The molecule has 0 aromatic carbocycles. The second-order valence-electron chi connectivity index (χ2n) is 4.34. The van der Waals surface area contributed by atoms with Gasteiger partial charge in [-0.3, -0.25) is 9.59 Å². The summed E-state index contributed by atoms with van der Waals surface area (Å²) in [7, 11) is 0. The predicted molar refractivity (Wildman–Crippen MR) is 53.0 cm³/mol. The first-order chi connectivity index (χ1) is 6.79. The van der Waals surface area contributed by atoms with Crippen LogP contribution in [0.1, 0.15) is 38.5 Å². The molecule has 0 amide bonds. The molecule has 2 rings (SSSR count). The Kier molecular flexibility index (Phi) is 2.96. The van der Waals surface area contributed by atoms with Gasteiger partial charge in [-0.05, 0) is 32.2 Å². The molecular weight excluding hydrogens is 178 g/mol. The number of carbonyl (C=O) groups excluding carboxylic acids is 2. The lowest BCUT2D eigenvalue weighted by molar-refractivity contribution is -0.141. The normalized spacial score (nSPS) is 34.6. The molecule has 1 saturated heterocycles. The maximum atomic E-state index is 11.6. The lowest BCUT2D eigenvalue weighted by Crippen LogP contribution is -2.46. The Hall–Kier alpha value is -0.700. The number of hydrogen-bond acceptors (Lipinski definition) is 3. The van der Waals surface area contributed by atoms with Crippen LogP contribution < -0.4 is 5.32 Å². The van der Waals surface area contributed by atoms with Crippen LogP contribution in [-0.2, 0) is 9.59 Å². The van der Waals surface area contributed by atoms with Crippen LogP contribution in [0.4, 0.5) is 0 Å². The fraction of sp³-hybridized carbons (Fsp3) is 0.818. The minimum atomic E-state index is -0.145. The number of nitrogens with one attached hydrogen (secondary N) is 1. The monoisotopic (exact) mass is 195 g/mol. The van der Waals surface area contributed by atoms with E-state index in [-0.39, 0.29) is 23.5 Å². The number of rotatable bonds is 1. The molecule has 2 fully saturated rings. The molecule has 2 aliphatic rings. The van der Waals surface area contributed by atoms with Gasteiger partial charge in [0.05, 0.1) is 0 Å². The Balaban J connectivity index is 2.00. The van der Waals surface area contributed by atoms with Crippen molar-refractivity contribution in [3.63, 3.8) is 0 Å². The molecule has 2 atom stereocenters. The minimum absolute atomic E-state index is 0.0171. The van der Waals surface area contributed by atoms with Crippen LogP contribution in [0.3, 0.4) is 0 Å². The number of ketones is 2.